The Bertz CT molecular complexity index is 1390. The van der Waals surface area contributed by atoms with Crippen LogP contribution in [0.1, 0.15) is 27.3 Å². The van der Waals surface area contributed by atoms with E-state index in [0.29, 0.717) is 22.6 Å². The van der Waals surface area contributed by atoms with Crippen LogP contribution in [0, 0.1) is 20.8 Å². The van der Waals surface area contributed by atoms with Gasteiger partial charge in [0, 0.05) is 11.3 Å². The van der Waals surface area contributed by atoms with Crippen molar-refractivity contribution in [3.05, 3.63) is 101 Å². The maximum Gasteiger partial charge on any atom is 0.261 e. The van der Waals surface area contributed by atoms with Gasteiger partial charge in [-0.15, -0.1) is 0 Å². The Morgan fingerprint density at radius 2 is 1.48 bits per heavy atom. The number of aryl methyl sites for hydroxylation is 2. The second-order valence-corrected chi connectivity index (χ2v) is 9.43. The predicted molar refractivity (Wildman–Crippen MR) is 129 cm³/mol. The third-order valence-electron chi connectivity index (χ3n) is 5.26. The zero-order chi connectivity index (χ0) is 23.6. The van der Waals surface area contributed by atoms with Crippen molar-refractivity contribution < 1.29 is 13.2 Å². The van der Waals surface area contributed by atoms with Crippen LogP contribution in [-0.4, -0.2) is 24.1 Å². The molecule has 0 unspecified atom stereocenters. The van der Waals surface area contributed by atoms with Crippen LogP contribution < -0.4 is 10.0 Å². The highest BCUT2D eigenvalue weighted by atomic mass is 32.2. The largest absolute Gasteiger partial charge is 0.319 e. The molecule has 33 heavy (non-hydrogen) atoms. The number of nitrogens with one attached hydrogen (secondary N) is 2. The van der Waals surface area contributed by atoms with Crippen LogP contribution in [0.5, 0.6) is 0 Å². The number of aromatic nitrogens is 2. The van der Waals surface area contributed by atoms with Crippen LogP contribution in [0.15, 0.2) is 83.8 Å². The van der Waals surface area contributed by atoms with Crippen molar-refractivity contribution >= 4 is 27.3 Å². The Hall–Kier alpha value is -3.91. The molecule has 4 aromatic rings. The number of carbonyl (C=O) groups is 1. The molecule has 0 aliphatic rings. The summed E-state index contributed by atoms with van der Waals surface area (Å²) < 4.78 is 29.6. The van der Waals surface area contributed by atoms with Gasteiger partial charge in [0.1, 0.15) is 0 Å². The lowest BCUT2D eigenvalue weighted by Gasteiger charge is -2.10. The topological polar surface area (TPSA) is 93.1 Å². The van der Waals surface area contributed by atoms with E-state index in [-0.39, 0.29) is 10.8 Å². The molecular weight excluding hydrogens is 436 g/mol. The molecule has 0 aliphatic carbocycles. The van der Waals surface area contributed by atoms with Gasteiger partial charge in [0.15, 0.2) is 0 Å². The molecule has 0 saturated carbocycles. The number of amides is 1. The highest BCUT2D eigenvalue weighted by molar-refractivity contribution is 7.92. The summed E-state index contributed by atoms with van der Waals surface area (Å²) in [5, 5.41) is 7.43. The fourth-order valence-corrected chi connectivity index (χ4v) is 4.51. The normalized spacial score (nSPS) is 11.2. The van der Waals surface area contributed by atoms with Crippen LogP contribution in [-0.2, 0) is 10.0 Å². The quantitative estimate of drug-likeness (QED) is 0.430. The third-order valence-corrected chi connectivity index (χ3v) is 6.66. The van der Waals surface area contributed by atoms with Crippen molar-refractivity contribution in [2.24, 2.45) is 0 Å². The van der Waals surface area contributed by atoms with Gasteiger partial charge in [0.2, 0.25) is 0 Å². The molecule has 3 aromatic carbocycles. The highest BCUT2D eigenvalue weighted by Crippen LogP contribution is 2.24. The van der Waals surface area contributed by atoms with E-state index in [4.69, 9.17) is 0 Å². The smallest absolute Gasteiger partial charge is 0.261 e. The number of hydrogen-bond donors (Lipinski definition) is 2. The third kappa shape index (κ3) is 4.80. The number of nitrogens with zero attached hydrogens (tertiary/aromatic N) is 2. The van der Waals surface area contributed by atoms with Crippen LogP contribution in [0.25, 0.3) is 5.69 Å². The number of hydrogen-bond acceptors (Lipinski definition) is 4. The molecular formula is C25H24N4O3S. The first-order valence-electron chi connectivity index (χ1n) is 10.4. The SMILES string of the molecule is Cc1ccc(NS(=O)(=O)c2ccc(C(=O)Nc3c(C)nn(-c4ccccc4)c3C)cc2)cc1. The Morgan fingerprint density at radius 1 is 0.848 bits per heavy atom. The van der Waals surface area contributed by atoms with E-state index >= 15 is 0 Å². The molecule has 0 fully saturated rings. The second kappa shape index (κ2) is 8.91. The van der Waals surface area contributed by atoms with E-state index < -0.39 is 10.0 Å². The van der Waals surface area contributed by atoms with Crippen molar-refractivity contribution in [2.45, 2.75) is 25.7 Å². The van der Waals surface area contributed by atoms with Gasteiger partial charge in [0.25, 0.3) is 15.9 Å². The van der Waals surface area contributed by atoms with Gasteiger partial charge in [-0.25, -0.2) is 13.1 Å². The van der Waals surface area contributed by atoms with Gasteiger partial charge in [0.05, 0.1) is 27.7 Å². The van der Waals surface area contributed by atoms with Crippen LogP contribution in [0.2, 0.25) is 0 Å². The molecule has 1 heterocycles. The summed E-state index contributed by atoms with van der Waals surface area (Å²) in [5.74, 6) is -0.343. The zero-order valence-electron chi connectivity index (χ0n) is 18.5. The lowest BCUT2D eigenvalue weighted by atomic mass is 10.2. The van der Waals surface area contributed by atoms with Crippen molar-refractivity contribution in [2.75, 3.05) is 10.0 Å². The number of para-hydroxylation sites is 1. The summed E-state index contributed by atoms with van der Waals surface area (Å²) in [5.41, 5.74) is 4.86. The zero-order valence-corrected chi connectivity index (χ0v) is 19.3. The monoisotopic (exact) mass is 460 g/mol. The van der Waals surface area contributed by atoms with Gasteiger partial charge in [-0.3, -0.25) is 9.52 Å². The Morgan fingerprint density at radius 3 is 2.12 bits per heavy atom. The molecule has 1 amide bonds. The van der Waals surface area contributed by atoms with Crippen molar-refractivity contribution in [1.82, 2.24) is 9.78 Å². The van der Waals surface area contributed by atoms with E-state index in [9.17, 15) is 13.2 Å². The lowest BCUT2D eigenvalue weighted by Crippen LogP contribution is -2.15. The molecule has 1 aromatic heterocycles. The Balaban J connectivity index is 1.51. The minimum absolute atomic E-state index is 0.0730. The maximum absolute atomic E-state index is 12.8. The van der Waals surface area contributed by atoms with E-state index in [1.165, 1.54) is 24.3 Å². The first-order valence-corrected chi connectivity index (χ1v) is 11.9. The molecule has 0 bridgehead atoms. The van der Waals surface area contributed by atoms with Gasteiger partial charge < -0.3 is 5.32 Å². The average Bonchev–Trinajstić information content (AvgIpc) is 3.09. The second-order valence-electron chi connectivity index (χ2n) is 7.74. The average molecular weight is 461 g/mol. The first kappa shape index (κ1) is 22.3. The summed E-state index contributed by atoms with van der Waals surface area (Å²) in [6.07, 6.45) is 0. The Labute approximate surface area is 193 Å². The molecule has 0 saturated heterocycles. The molecule has 2 N–H and O–H groups in total. The summed E-state index contributed by atoms with van der Waals surface area (Å²) in [6.45, 7) is 5.64. The molecule has 0 radical (unpaired) electrons. The number of carbonyl (C=O) groups excluding carboxylic acids is 1. The molecule has 8 heteroatoms. The molecule has 7 nitrogen and oxygen atoms in total. The van der Waals surface area contributed by atoms with Gasteiger partial charge in [-0.05, 0) is 69.3 Å². The van der Waals surface area contributed by atoms with Crippen LogP contribution >= 0.6 is 0 Å². The van der Waals surface area contributed by atoms with E-state index in [2.05, 4.69) is 15.1 Å². The number of rotatable bonds is 6. The van der Waals surface area contributed by atoms with Crippen molar-refractivity contribution in [3.63, 3.8) is 0 Å². The fraction of sp³-hybridized carbons (Fsp3) is 0.120. The predicted octanol–water partition coefficient (Wildman–Crippen LogP) is 4.85. The fourth-order valence-electron chi connectivity index (χ4n) is 3.45. The number of sulfonamides is 1. The standard InChI is InChI=1S/C25H24N4O3S/c1-17-9-13-21(14-10-17)28-33(31,32)23-15-11-20(12-16-23)25(30)26-24-18(2)27-29(19(24)3)22-7-5-4-6-8-22/h4-16,28H,1-3H3,(H,26,30). The molecule has 4 rings (SSSR count). The number of benzene rings is 3. The molecule has 0 atom stereocenters. The molecule has 0 aliphatic heterocycles. The summed E-state index contributed by atoms with van der Waals surface area (Å²) >= 11 is 0. The van der Waals surface area contributed by atoms with Gasteiger partial charge >= 0.3 is 0 Å². The highest BCUT2D eigenvalue weighted by Gasteiger charge is 2.18. The summed E-state index contributed by atoms with van der Waals surface area (Å²) in [7, 11) is -3.76. The first-order chi connectivity index (χ1) is 15.7. The summed E-state index contributed by atoms with van der Waals surface area (Å²) in [6, 6.07) is 22.5. The van der Waals surface area contributed by atoms with E-state index in [1.54, 1.807) is 16.8 Å². The Kier molecular flexibility index (Phi) is 6.02. The minimum atomic E-state index is -3.76. The number of anilines is 2. The van der Waals surface area contributed by atoms with Crippen LogP contribution in [0.3, 0.4) is 0 Å². The minimum Gasteiger partial charge on any atom is -0.319 e. The van der Waals surface area contributed by atoms with E-state index in [0.717, 1.165) is 16.9 Å². The lowest BCUT2D eigenvalue weighted by molar-refractivity contribution is 0.102. The molecule has 0 spiro atoms. The van der Waals surface area contributed by atoms with Crippen molar-refractivity contribution in [3.8, 4) is 5.69 Å². The van der Waals surface area contributed by atoms with E-state index in [1.807, 2.05) is 63.2 Å². The maximum atomic E-state index is 12.8. The van der Waals surface area contributed by atoms with Gasteiger partial charge in [-0.2, -0.15) is 5.10 Å². The summed E-state index contributed by atoms with van der Waals surface area (Å²) in [4.78, 5) is 12.9. The van der Waals surface area contributed by atoms with Gasteiger partial charge in [-0.1, -0.05) is 35.9 Å². The van der Waals surface area contributed by atoms with Crippen LogP contribution in [0.4, 0.5) is 11.4 Å². The molecule has 168 valence electrons. The van der Waals surface area contributed by atoms with Crippen molar-refractivity contribution in [1.29, 1.82) is 0 Å².